The molecule has 4 aromatic heterocycles. The molecule has 11 nitrogen and oxygen atoms in total. The predicted octanol–water partition coefficient (Wildman–Crippen LogP) is 5.81. The lowest BCUT2D eigenvalue weighted by molar-refractivity contribution is 0.102. The highest BCUT2D eigenvalue weighted by Gasteiger charge is 2.19. The van der Waals surface area contributed by atoms with Crippen LogP contribution in [0.3, 0.4) is 0 Å². The number of benzene rings is 3. The third-order valence-electron chi connectivity index (χ3n) is 7.39. The van der Waals surface area contributed by atoms with Crippen LogP contribution in [0.1, 0.15) is 15.9 Å². The maximum atomic E-state index is 15.4. The average molecular weight is 651 g/mol. The minimum absolute atomic E-state index is 0.101. The summed E-state index contributed by atoms with van der Waals surface area (Å²) in [6, 6.07) is 19.4. The molecule has 0 aliphatic heterocycles. The van der Waals surface area contributed by atoms with Crippen molar-refractivity contribution in [3.05, 3.63) is 114 Å². The van der Waals surface area contributed by atoms with Gasteiger partial charge in [0.15, 0.2) is 5.82 Å². The summed E-state index contributed by atoms with van der Waals surface area (Å²) in [5.74, 6) is -1.11. The monoisotopic (exact) mass is 650 g/mol. The van der Waals surface area contributed by atoms with Gasteiger partial charge in [0.2, 0.25) is 10.0 Å². The number of aromatic amines is 2. The second-order valence-electron chi connectivity index (χ2n) is 10.8. The minimum atomic E-state index is -3.49. The van der Waals surface area contributed by atoms with E-state index in [1.807, 2.05) is 6.07 Å². The van der Waals surface area contributed by atoms with Gasteiger partial charge in [0.1, 0.15) is 28.4 Å². The van der Waals surface area contributed by atoms with Crippen LogP contribution >= 0.6 is 0 Å². The Bertz CT molecular complexity index is 2430. The normalized spacial score (nSPS) is 11.7. The summed E-state index contributed by atoms with van der Waals surface area (Å²) in [4.78, 5) is 29.3. The number of H-pyrrole nitrogens is 2. The van der Waals surface area contributed by atoms with Crippen LogP contribution in [0.5, 0.6) is 0 Å². The van der Waals surface area contributed by atoms with Crippen LogP contribution < -0.4 is 10.0 Å². The molecule has 0 atom stereocenters. The smallest absolute Gasteiger partial charge is 0.255 e. The lowest BCUT2D eigenvalue weighted by Gasteiger charge is -2.08. The van der Waals surface area contributed by atoms with E-state index in [4.69, 9.17) is 4.98 Å². The standard InChI is InChI=1S/C33H24F2N8O3S/c1-47(45,46)38-15-18-9-21(11-23(34)10-18)28-31-27(7-8-37-28)40-32(41-31)30-25-13-20(14-26(35)29(25)42-43-30)22-12-24(17-36-16-22)39-33(44)19-5-3-2-4-6-19/h2-14,16-17,38H,15H2,1H3,(H,39,44)(H,40,41)(H,42,43). The summed E-state index contributed by atoms with van der Waals surface area (Å²) in [7, 11) is -3.49. The fraction of sp³-hybridized carbons (Fsp3) is 0.0606. The fourth-order valence-corrected chi connectivity index (χ4v) is 5.68. The van der Waals surface area contributed by atoms with Gasteiger partial charge in [-0.1, -0.05) is 18.2 Å². The highest BCUT2D eigenvalue weighted by Crippen LogP contribution is 2.34. The summed E-state index contributed by atoms with van der Waals surface area (Å²) in [5, 5.41) is 10.3. The van der Waals surface area contributed by atoms with Gasteiger partial charge in [-0.25, -0.2) is 26.9 Å². The second-order valence-corrected chi connectivity index (χ2v) is 12.7. The van der Waals surface area contributed by atoms with E-state index in [0.29, 0.717) is 67.1 Å². The number of aromatic nitrogens is 6. The van der Waals surface area contributed by atoms with E-state index >= 15 is 4.39 Å². The van der Waals surface area contributed by atoms with E-state index in [9.17, 15) is 17.6 Å². The van der Waals surface area contributed by atoms with E-state index < -0.39 is 21.7 Å². The molecule has 4 N–H and O–H groups in total. The number of carbonyl (C=O) groups excluding carboxylic acids is 1. The number of anilines is 1. The number of nitrogens with one attached hydrogen (secondary N) is 4. The first-order chi connectivity index (χ1) is 22.6. The van der Waals surface area contributed by atoms with Crippen LogP contribution in [0.15, 0.2) is 91.4 Å². The average Bonchev–Trinajstić information content (AvgIpc) is 3.68. The molecule has 0 spiro atoms. The zero-order valence-corrected chi connectivity index (χ0v) is 25.4. The molecule has 0 radical (unpaired) electrons. The van der Waals surface area contributed by atoms with E-state index in [1.54, 1.807) is 54.7 Å². The lowest BCUT2D eigenvalue weighted by atomic mass is 10.0. The van der Waals surface area contributed by atoms with Crippen LogP contribution in [0.2, 0.25) is 0 Å². The fourth-order valence-electron chi connectivity index (χ4n) is 5.25. The molecule has 0 unspecified atom stereocenters. The first-order valence-corrected chi connectivity index (χ1v) is 16.1. The summed E-state index contributed by atoms with van der Waals surface area (Å²) in [6.07, 6.45) is 5.63. The third-order valence-corrected chi connectivity index (χ3v) is 8.05. The molecule has 7 rings (SSSR count). The maximum absolute atomic E-state index is 15.4. The molecule has 0 aliphatic rings. The van der Waals surface area contributed by atoms with Gasteiger partial charge in [0, 0.05) is 41.0 Å². The number of hydrogen-bond donors (Lipinski definition) is 4. The zero-order valence-electron chi connectivity index (χ0n) is 24.5. The number of sulfonamides is 1. The topological polar surface area (TPSA) is 158 Å². The van der Waals surface area contributed by atoms with Crippen molar-refractivity contribution in [3.8, 4) is 33.9 Å². The van der Waals surface area contributed by atoms with Crippen molar-refractivity contribution in [1.29, 1.82) is 0 Å². The number of imidazole rings is 1. The Kier molecular flexibility index (Phi) is 7.50. The maximum Gasteiger partial charge on any atom is 0.255 e. The van der Waals surface area contributed by atoms with Crippen LogP contribution in [-0.2, 0) is 16.6 Å². The quantitative estimate of drug-likeness (QED) is 0.162. The van der Waals surface area contributed by atoms with E-state index in [0.717, 1.165) is 6.26 Å². The number of hydrogen-bond acceptors (Lipinski definition) is 7. The highest BCUT2D eigenvalue weighted by molar-refractivity contribution is 7.88. The molecular formula is C33H24F2N8O3S. The van der Waals surface area contributed by atoms with Gasteiger partial charge in [0.25, 0.3) is 5.91 Å². The Labute approximate surface area is 266 Å². The summed E-state index contributed by atoms with van der Waals surface area (Å²) in [5.41, 5.74) is 4.62. The predicted molar refractivity (Wildman–Crippen MR) is 174 cm³/mol. The van der Waals surface area contributed by atoms with Crippen LogP contribution in [0.25, 0.3) is 55.8 Å². The molecule has 0 fully saturated rings. The number of carbonyl (C=O) groups is 1. The Morgan fingerprint density at radius 3 is 2.55 bits per heavy atom. The molecule has 234 valence electrons. The van der Waals surface area contributed by atoms with Gasteiger partial charge < -0.3 is 10.3 Å². The van der Waals surface area contributed by atoms with E-state index in [1.165, 1.54) is 30.6 Å². The van der Waals surface area contributed by atoms with Gasteiger partial charge >= 0.3 is 0 Å². The van der Waals surface area contributed by atoms with E-state index in [2.05, 4.69) is 35.2 Å². The Hall–Kier alpha value is -5.86. The van der Waals surface area contributed by atoms with Crippen molar-refractivity contribution >= 4 is 43.6 Å². The minimum Gasteiger partial charge on any atom is -0.336 e. The first-order valence-electron chi connectivity index (χ1n) is 14.2. The Morgan fingerprint density at radius 1 is 0.915 bits per heavy atom. The van der Waals surface area contributed by atoms with Crippen molar-refractivity contribution in [2.45, 2.75) is 6.54 Å². The van der Waals surface area contributed by atoms with Crippen LogP contribution in [0.4, 0.5) is 14.5 Å². The second kappa shape index (κ2) is 11.8. The molecule has 0 saturated carbocycles. The van der Waals surface area contributed by atoms with Crippen molar-refractivity contribution in [1.82, 2.24) is 34.9 Å². The number of rotatable bonds is 8. The number of fused-ring (bicyclic) bond motifs is 2. The number of amides is 1. The molecular weight excluding hydrogens is 626 g/mol. The molecule has 4 heterocycles. The Morgan fingerprint density at radius 2 is 1.74 bits per heavy atom. The van der Waals surface area contributed by atoms with Crippen LogP contribution in [0, 0.1) is 11.6 Å². The molecule has 0 aliphatic carbocycles. The summed E-state index contributed by atoms with van der Waals surface area (Å²) >= 11 is 0. The number of nitrogens with zero attached hydrogens (tertiary/aromatic N) is 4. The largest absolute Gasteiger partial charge is 0.336 e. The highest BCUT2D eigenvalue weighted by atomic mass is 32.2. The number of pyridine rings is 2. The van der Waals surface area contributed by atoms with Crippen molar-refractivity contribution in [2.75, 3.05) is 11.6 Å². The molecule has 0 bridgehead atoms. The summed E-state index contributed by atoms with van der Waals surface area (Å²) < 4.78 is 55.5. The van der Waals surface area contributed by atoms with Crippen molar-refractivity contribution < 1.29 is 22.0 Å². The van der Waals surface area contributed by atoms with Gasteiger partial charge in [-0.15, -0.1) is 0 Å². The lowest BCUT2D eigenvalue weighted by Crippen LogP contribution is -2.21. The zero-order chi connectivity index (χ0) is 32.7. The molecule has 0 saturated heterocycles. The van der Waals surface area contributed by atoms with E-state index in [-0.39, 0.29) is 18.0 Å². The third kappa shape index (κ3) is 6.19. The van der Waals surface area contributed by atoms with Gasteiger partial charge in [0.05, 0.1) is 29.4 Å². The molecule has 1 amide bonds. The SMILES string of the molecule is CS(=O)(=O)NCc1cc(F)cc(-c2nccc3[nH]c(-c4n[nH]c5c(F)cc(-c6cncc(NC(=O)c7ccccc7)c6)cc45)nc23)c1. The molecule has 7 aromatic rings. The van der Waals surface area contributed by atoms with Crippen molar-refractivity contribution in [2.24, 2.45) is 0 Å². The molecule has 47 heavy (non-hydrogen) atoms. The summed E-state index contributed by atoms with van der Waals surface area (Å²) in [6.45, 7) is -0.101. The van der Waals surface area contributed by atoms with Crippen LogP contribution in [-0.4, -0.2) is 50.7 Å². The number of halogens is 2. The first kappa shape index (κ1) is 29.8. The van der Waals surface area contributed by atoms with Gasteiger partial charge in [-0.05, 0) is 65.7 Å². The Balaban J connectivity index is 1.25. The molecule has 14 heteroatoms. The van der Waals surface area contributed by atoms with Gasteiger partial charge in [-0.3, -0.25) is 19.9 Å². The van der Waals surface area contributed by atoms with Crippen molar-refractivity contribution in [3.63, 3.8) is 0 Å². The van der Waals surface area contributed by atoms with Gasteiger partial charge in [-0.2, -0.15) is 5.10 Å². The molecule has 3 aromatic carbocycles.